The number of amides is 1. The normalized spacial score (nSPS) is 15.5. The summed E-state index contributed by atoms with van der Waals surface area (Å²) < 4.78 is 45.3. The van der Waals surface area contributed by atoms with Gasteiger partial charge >= 0.3 is 12.3 Å². The lowest BCUT2D eigenvalue weighted by molar-refractivity contribution is -0.137. The smallest absolute Gasteiger partial charge is 0.416 e. The second-order valence-corrected chi connectivity index (χ2v) is 9.23. The Morgan fingerprint density at radius 1 is 1.09 bits per heavy atom. The minimum Gasteiger partial charge on any atom is -0.444 e. The predicted octanol–water partition coefficient (Wildman–Crippen LogP) is 6.23. The molecule has 35 heavy (non-hydrogen) atoms. The average Bonchev–Trinajstić information content (AvgIpc) is 3.14. The number of anilines is 3. The fourth-order valence-corrected chi connectivity index (χ4v) is 3.92. The molecule has 1 aliphatic carbocycles. The molecule has 0 aliphatic heterocycles. The molecule has 184 valence electrons. The van der Waals surface area contributed by atoms with Gasteiger partial charge in [0.25, 0.3) is 0 Å². The summed E-state index contributed by atoms with van der Waals surface area (Å²) in [6.07, 6.45) is -3.37. The second kappa shape index (κ2) is 9.18. The maximum absolute atomic E-state index is 13.4. The minimum atomic E-state index is -4.60. The van der Waals surface area contributed by atoms with Gasteiger partial charge in [0.15, 0.2) is 0 Å². The highest BCUT2D eigenvalue weighted by Crippen LogP contribution is 2.38. The Bertz CT molecular complexity index is 1260. The number of aliphatic hydroxyl groups excluding tert-OH is 1. The van der Waals surface area contributed by atoms with Gasteiger partial charge in [0.1, 0.15) is 17.7 Å². The molecule has 0 saturated carbocycles. The lowest BCUT2D eigenvalue weighted by atomic mass is 10.0. The van der Waals surface area contributed by atoms with Gasteiger partial charge in [0.05, 0.1) is 23.0 Å². The molecule has 1 aromatic heterocycles. The number of ether oxygens (including phenoxy) is 1. The molecule has 1 atom stereocenters. The van der Waals surface area contributed by atoms with Crippen molar-refractivity contribution in [2.45, 2.75) is 51.5 Å². The number of aliphatic hydroxyl groups is 1. The summed E-state index contributed by atoms with van der Waals surface area (Å²) in [7, 11) is 0. The number of aromatic nitrogens is 2. The van der Waals surface area contributed by atoms with Gasteiger partial charge in [-0.1, -0.05) is 18.2 Å². The number of benzene rings is 2. The Morgan fingerprint density at radius 3 is 2.57 bits per heavy atom. The molecule has 0 saturated heterocycles. The van der Waals surface area contributed by atoms with E-state index in [9.17, 15) is 23.1 Å². The largest absolute Gasteiger partial charge is 0.444 e. The van der Waals surface area contributed by atoms with Gasteiger partial charge in [-0.15, -0.1) is 0 Å². The van der Waals surface area contributed by atoms with Gasteiger partial charge in [0.2, 0.25) is 0 Å². The van der Waals surface area contributed by atoms with E-state index < -0.39 is 29.5 Å². The van der Waals surface area contributed by atoms with Crippen LogP contribution in [0, 0.1) is 0 Å². The molecule has 1 aliphatic rings. The van der Waals surface area contributed by atoms with Gasteiger partial charge in [-0.25, -0.2) is 14.8 Å². The third-order valence-electron chi connectivity index (χ3n) is 5.43. The zero-order valence-electron chi connectivity index (χ0n) is 19.4. The number of nitrogens with zero attached hydrogens (tertiary/aromatic N) is 2. The Hall–Kier alpha value is -3.66. The zero-order valence-corrected chi connectivity index (χ0v) is 19.4. The van der Waals surface area contributed by atoms with Gasteiger partial charge in [-0.3, -0.25) is 5.32 Å². The monoisotopic (exact) mass is 486 g/mol. The SMILES string of the molecule is CC(C)(C)OC(=O)Nc1cc(C(F)(F)F)ccc1-c1cc(Nc2cccc3c2CCC3O)ncn1. The number of nitrogens with one attached hydrogen (secondary N) is 2. The first-order valence-electron chi connectivity index (χ1n) is 11.0. The second-order valence-electron chi connectivity index (χ2n) is 9.23. The van der Waals surface area contributed by atoms with Gasteiger partial charge in [0, 0.05) is 17.3 Å². The van der Waals surface area contributed by atoms with Gasteiger partial charge in [-0.05, 0) is 62.9 Å². The van der Waals surface area contributed by atoms with E-state index in [1.165, 1.54) is 12.4 Å². The molecule has 0 fully saturated rings. The number of fused-ring (bicyclic) bond motifs is 1. The molecule has 7 nitrogen and oxygen atoms in total. The van der Waals surface area contributed by atoms with Gasteiger partial charge < -0.3 is 15.2 Å². The first-order chi connectivity index (χ1) is 16.4. The van der Waals surface area contributed by atoms with E-state index >= 15 is 0 Å². The maximum Gasteiger partial charge on any atom is 0.416 e. The van der Waals surface area contributed by atoms with Crippen molar-refractivity contribution in [1.82, 2.24) is 9.97 Å². The lowest BCUT2D eigenvalue weighted by Crippen LogP contribution is -2.27. The lowest BCUT2D eigenvalue weighted by Gasteiger charge is -2.21. The summed E-state index contributed by atoms with van der Waals surface area (Å²) in [4.78, 5) is 20.8. The van der Waals surface area contributed by atoms with Crippen molar-refractivity contribution in [3.05, 3.63) is 65.5 Å². The van der Waals surface area contributed by atoms with Crippen LogP contribution in [0.3, 0.4) is 0 Å². The zero-order chi connectivity index (χ0) is 25.4. The third-order valence-corrected chi connectivity index (χ3v) is 5.43. The number of alkyl halides is 3. The minimum absolute atomic E-state index is 0.0950. The Kier molecular flexibility index (Phi) is 6.42. The van der Waals surface area contributed by atoms with E-state index in [-0.39, 0.29) is 11.3 Å². The number of hydrogen-bond donors (Lipinski definition) is 3. The van der Waals surface area contributed by atoms with Crippen LogP contribution in [0.4, 0.5) is 35.2 Å². The molecular weight excluding hydrogens is 461 g/mol. The first kappa shape index (κ1) is 24.5. The van der Waals surface area contributed by atoms with Crippen molar-refractivity contribution in [3.63, 3.8) is 0 Å². The first-order valence-corrected chi connectivity index (χ1v) is 11.0. The summed E-state index contributed by atoms with van der Waals surface area (Å²) in [5.74, 6) is 0.410. The molecule has 0 radical (unpaired) electrons. The van der Waals surface area contributed by atoms with Crippen LogP contribution < -0.4 is 10.6 Å². The predicted molar refractivity (Wildman–Crippen MR) is 125 cm³/mol. The highest BCUT2D eigenvalue weighted by Gasteiger charge is 2.32. The van der Waals surface area contributed by atoms with Crippen LogP contribution in [0.5, 0.6) is 0 Å². The van der Waals surface area contributed by atoms with Crippen LogP contribution >= 0.6 is 0 Å². The Labute approximate surface area is 200 Å². The molecule has 1 heterocycles. The van der Waals surface area contributed by atoms with Crippen molar-refractivity contribution < 1.29 is 27.8 Å². The highest BCUT2D eigenvalue weighted by molar-refractivity contribution is 5.91. The van der Waals surface area contributed by atoms with E-state index in [1.54, 1.807) is 26.8 Å². The molecule has 1 unspecified atom stereocenters. The topological polar surface area (TPSA) is 96.4 Å². The summed E-state index contributed by atoms with van der Waals surface area (Å²) in [5, 5.41) is 15.8. The van der Waals surface area contributed by atoms with Crippen molar-refractivity contribution in [1.29, 1.82) is 0 Å². The fourth-order valence-electron chi connectivity index (χ4n) is 3.92. The summed E-state index contributed by atoms with van der Waals surface area (Å²) >= 11 is 0. The van der Waals surface area contributed by atoms with Crippen LogP contribution in [0.2, 0.25) is 0 Å². The third kappa shape index (κ3) is 5.71. The summed E-state index contributed by atoms with van der Waals surface area (Å²) in [6.45, 7) is 4.96. The number of carbonyl (C=O) groups is 1. The number of carbonyl (C=O) groups excluding carboxylic acids is 1. The van der Waals surface area contributed by atoms with Crippen molar-refractivity contribution >= 4 is 23.3 Å². The molecule has 0 bridgehead atoms. The van der Waals surface area contributed by atoms with E-state index in [2.05, 4.69) is 20.6 Å². The van der Waals surface area contributed by atoms with E-state index in [1.807, 2.05) is 18.2 Å². The number of hydrogen-bond acceptors (Lipinski definition) is 6. The van der Waals surface area contributed by atoms with Crippen LogP contribution in [-0.2, 0) is 17.3 Å². The average molecular weight is 486 g/mol. The molecule has 0 spiro atoms. The van der Waals surface area contributed by atoms with Crippen LogP contribution in [-0.4, -0.2) is 26.8 Å². The standard InChI is InChI=1S/C25H25F3N4O3/c1-24(2,3)35-23(34)32-20-11-14(25(26,27)28)7-8-17(20)19-12-22(30-13-29-19)31-18-6-4-5-16-15(18)9-10-21(16)33/h4-8,11-13,21,33H,9-10H2,1-3H3,(H,32,34)(H,29,30,31). The molecule has 10 heteroatoms. The molecule has 3 aromatic rings. The Morgan fingerprint density at radius 2 is 1.86 bits per heavy atom. The number of halogens is 3. The van der Waals surface area contributed by atoms with Gasteiger partial charge in [-0.2, -0.15) is 13.2 Å². The van der Waals surface area contributed by atoms with Crippen LogP contribution in [0.1, 0.15) is 50.0 Å². The number of rotatable bonds is 4. The van der Waals surface area contributed by atoms with E-state index in [4.69, 9.17) is 4.74 Å². The molecule has 3 N–H and O–H groups in total. The van der Waals surface area contributed by atoms with E-state index in [0.29, 0.717) is 24.4 Å². The highest BCUT2D eigenvalue weighted by atomic mass is 19.4. The van der Waals surface area contributed by atoms with Crippen molar-refractivity contribution in [2.75, 3.05) is 10.6 Å². The molecule has 1 amide bonds. The fraction of sp³-hybridized carbons (Fsp3) is 0.320. The van der Waals surface area contributed by atoms with Crippen LogP contribution in [0.25, 0.3) is 11.3 Å². The van der Waals surface area contributed by atoms with Crippen LogP contribution in [0.15, 0.2) is 48.8 Å². The maximum atomic E-state index is 13.4. The van der Waals surface area contributed by atoms with E-state index in [0.717, 1.165) is 28.9 Å². The molecular formula is C25H25F3N4O3. The molecule has 2 aromatic carbocycles. The summed E-state index contributed by atoms with van der Waals surface area (Å²) in [6, 6.07) is 10.2. The summed E-state index contributed by atoms with van der Waals surface area (Å²) in [5.41, 5.74) is 1.35. The Balaban J connectivity index is 1.68. The van der Waals surface area contributed by atoms with Crippen molar-refractivity contribution in [2.24, 2.45) is 0 Å². The van der Waals surface area contributed by atoms with Crippen molar-refractivity contribution in [3.8, 4) is 11.3 Å². The quantitative estimate of drug-likeness (QED) is 0.404. The molecule has 4 rings (SSSR count).